The molecule has 0 fully saturated rings. The summed E-state index contributed by atoms with van der Waals surface area (Å²) in [5.41, 5.74) is 1.33. The second-order valence-electron chi connectivity index (χ2n) is 6.03. The molecule has 0 bridgehead atoms. The summed E-state index contributed by atoms with van der Waals surface area (Å²) in [6.07, 6.45) is 1.71. The Morgan fingerprint density at radius 2 is 1.81 bits per heavy atom. The maximum absolute atomic E-state index is 12.5. The molecular formula is C18H20N2O5S. The summed E-state index contributed by atoms with van der Waals surface area (Å²) in [6, 6.07) is 10.3. The molecule has 1 amide bonds. The number of carbonyl (C=O) groups excluding carboxylic acids is 1. The number of benzene rings is 2. The molecule has 138 valence electrons. The van der Waals surface area contributed by atoms with E-state index < -0.39 is 20.7 Å². The van der Waals surface area contributed by atoms with Crippen LogP contribution in [0.2, 0.25) is 0 Å². The first-order chi connectivity index (χ1) is 12.1. The first-order valence-electron chi connectivity index (χ1n) is 7.99. The Labute approximate surface area is 152 Å². The predicted octanol–water partition coefficient (Wildman–Crippen LogP) is 3.19. The SMILES string of the molecule is CC[C@@H](NC(=O)c1ccc(C)c([N+](=O)[O-])c1)c1ccc(S(C)(=O)=O)cc1. The Bertz CT molecular complexity index is 937. The maximum atomic E-state index is 12.5. The monoisotopic (exact) mass is 376 g/mol. The van der Waals surface area contributed by atoms with Crippen LogP contribution in [0, 0.1) is 17.0 Å². The van der Waals surface area contributed by atoms with Gasteiger partial charge in [-0.1, -0.05) is 25.1 Å². The van der Waals surface area contributed by atoms with Crippen LogP contribution in [0.25, 0.3) is 0 Å². The average Bonchev–Trinajstić information content (AvgIpc) is 2.59. The molecule has 8 heteroatoms. The summed E-state index contributed by atoms with van der Waals surface area (Å²) < 4.78 is 23.1. The van der Waals surface area contributed by atoms with Gasteiger partial charge in [-0.15, -0.1) is 0 Å². The fourth-order valence-electron chi connectivity index (χ4n) is 2.56. The van der Waals surface area contributed by atoms with Crippen molar-refractivity contribution in [1.29, 1.82) is 0 Å². The number of hydrogen-bond acceptors (Lipinski definition) is 5. The molecule has 0 aromatic heterocycles. The van der Waals surface area contributed by atoms with Gasteiger partial charge in [0.2, 0.25) is 0 Å². The molecule has 0 aliphatic carbocycles. The molecule has 0 aliphatic rings. The zero-order chi connectivity index (χ0) is 19.5. The lowest BCUT2D eigenvalue weighted by molar-refractivity contribution is -0.385. The van der Waals surface area contributed by atoms with Crippen LogP contribution in [-0.4, -0.2) is 25.5 Å². The number of sulfone groups is 1. The molecule has 0 spiro atoms. The van der Waals surface area contributed by atoms with Crippen molar-refractivity contribution in [1.82, 2.24) is 5.32 Å². The number of nitrogens with zero attached hydrogens (tertiary/aromatic N) is 1. The Morgan fingerprint density at radius 3 is 2.31 bits per heavy atom. The highest BCUT2D eigenvalue weighted by Crippen LogP contribution is 2.22. The van der Waals surface area contributed by atoms with Gasteiger partial charge in [-0.3, -0.25) is 14.9 Å². The second kappa shape index (κ2) is 7.65. The molecule has 1 N–H and O–H groups in total. The van der Waals surface area contributed by atoms with Crippen molar-refractivity contribution in [2.75, 3.05) is 6.26 Å². The van der Waals surface area contributed by atoms with E-state index in [-0.39, 0.29) is 22.2 Å². The number of aryl methyl sites for hydroxylation is 1. The van der Waals surface area contributed by atoms with Crippen molar-refractivity contribution in [3.05, 3.63) is 69.3 Å². The molecule has 0 saturated heterocycles. The highest BCUT2D eigenvalue weighted by molar-refractivity contribution is 7.90. The zero-order valence-corrected chi connectivity index (χ0v) is 15.5. The third kappa shape index (κ3) is 4.45. The van der Waals surface area contributed by atoms with Crippen LogP contribution in [0.5, 0.6) is 0 Å². The fourth-order valence-corrected chi connectivity index (χ4v) is 3.19. The molecule has 2 aromatic rings. The number of nitro groups is 1. The van der Waals surface area contributed by atoms with Crippen molar-refractivity contribution in [3.63, 3.8) is 0 Å². The van der Waals surface area contributed by atoms with Crippen LogP contribution < -0.4 is 5.32 Å². The summed E-state index contributed by atoms with van der Waals surface area (Å²) in [7, 11) is -3.29. The lowest BCUT2D eigenvalue weighted by atomic mass is 10.0. The number of carbonyl (C=O) groups is 1. The van der Waals surface area contributed by atoms with Gasteiger partial charge in [-0.05, 0) is 37.1 Å². The Balaban J connectivity index is 2.23. The van der Waals surface area contributed by atoms with Crippen LogP contribution in [0.3, 0.4) is 0 Å². The lowest BCUT2D eigenvalue weighted by Gasteiger charge is -2.18. The van der Waals surface area contributed by atoms with Gasteiger partial charge in [0.05, 0.1) is 15.9 Å². The van der Waals surface area contributed by atoms with E-state index in [2.05, 4.69) is 5.32 Å². The standard InChI is InChI=1S/C18H20N2O5S/c1-4-16(13-7-9-15(10-8-13)26(3,24)25)19-18(21)14-6-5-12(2)17(11-14)20(22)23/h5-11,16H,4H2,1-3H3,(H,19,21)/t16-/m1/s1. The molecular weight excluding hydrogens is 356 g/mol. The molecule has 0 saturated carbocycles. The largest absolute Gasteiger partial charge is 0.345 e. The normalized spacial score (nSPS) is 12.4. The van der Waals surface area contributed by atoms with Gasteiger partial charge in [0, 0.05) is 23.4 Å². The first-order valence-corrected chi connectivity index (χ1v) is 9.88. The minimum Gasteiger partial charge on any atom is -0.345 e. The van der Waals surface area contributed by atoms with Crippen LogP contribution in [0.1, 0.15) is 40.9 Å². The van der Waals surface area contributed by atoms with Gasteiger partial charge < -0.3 is 5.32 Å². The number of nitrogens with one attached hydrogen (secondary N) is 1. The maximum Gasteiger partial charge on any atom is 0.273 e. The van der Waals surface area contributed by atoms with Crippen molar-refractivity contribution in [3.8, 4) is 0 Å². The molecule has 0 aliphatic heterocycles. The molecule has 2 aromatic carbocycles. The number of rotatable bonds is 6. The van der Waals surface area contributed by atoms with E-state index in [1.54, 1.807) is 19.1 Å². The number of hydrogen-bond donors (Lipinski definition) is 1. The van der Waals surface area contributed by atoms with Crippen LogP contribution in [-0.2, 0) is 9.84 Å². The van der Waals surface area contributed by atoms with Crippen molar-refractivity contribution >= 4 is 21.4 Å². The fraction of sp³-hybridized carbons (Fsp3) is 0.278. The van der Waals surface area contributed by atoms with E-state index in [1.165, 1.54) is 30.3 Å². The molecule has 7 nitrogen and oxygen atoms in total. The first kappa shape index (κ1) is 19.6. The Kier molecular flexibility index (Phi) is 5.76. The summed E-state index contributed by atoms with van der Waals surface area (Å²) in [4.78, 5) is 23.2. The van der Waals surface area contributed by atoms with Crippen molar-refractivity contribution in [2.45, 2.75) is 31.2 Å². The van der Waals surface area contributed by atoms with Gasteiger partial charge >= 0.3 is 0 Å². The van der Waals surface area contributed by atoms with Gasteiger partial charge in [-0.2, -0.15) is 0 Å². The molecule has 2 rings (SSSR count). The van der Waals surface area contributed by atoms with Crippen LogP contribution >= 0.6 is 0 Å². The summed E-state index contributed by atoms with van der Waals surface area (Å²) >= 11 is 0. The quantitative estimate of drug-likeness (QED) is 0.615. The Hall–Kier alpha value is -2.74. The molecule has 0 unspecified atom stereocenters. The van der Waals surface area contributed by atoms with Crippen molar-refractivity contribution in [2.24, 2.45) is 0 Å². The van der Waals surface area contributed by atoms with E-state index in [9.17, 15) is 23.3 Å². The van der Waals surface area contributed by atoms with Gasteiger partial charge in [-0.25, -0.2) is 8.42 Å². The summed E-state index contributed by atoms with van der Waals surface area (Å²) in [5, 5.41) is 13.9. The molecule has 0 radical (unpaired) electrons. The highest BCUT2D eigenvalue weighted by Gasteiger charge is 2.18. The minimum absolute atomic E-state index is 0.108. The second-order valence-corrected chi connectivity index (χ2v) is 8.05. The number of nitro benzene ring substituents is 1. The zero-order valence-electron chi connectivity index (χ0n) is 14.7. The molecule has 1 atom stereocenters. The van der Waals surface area contributed by atoms with E-state index in [4.69, 9.17) is 0 Å². The average molecular weight is 376 g/mol. The third-order valence-electron chi connectivity index (χ3n) is 4.09. The van der Waals surface area contributed by atoms with E-state index in [0.29, 0.717) is 12.0 Å². The summed E-state index contributed by atoms with van der Waals surface area (Å²) in [6.45, 7) is 3.49. The van der Waals surface area contributed by atoms with Crippen LogP contribution in [0.15, 0.2) is 47.4 Å². The molecule has 0 heterocycles. The topological polar surface area (TPSA) is 106 Å². The third-order valence-corrected chi connectivity index (χ3v) is 5.22. The molecule has 26 heavy (non-hydrogen) atoms. The minimum atomic E-state index is -3.29. The summed E-state index contributed by atoms with van der Waals surface area (Å²) in [5.74, 6) is -0.424. The van der Waals surface area contributed by atoms with Gasteiger partial charge in [0.25, 0.3) is 11.6 Å². The van der Waals surface area contributed by atoms with Crippen molar-refractivity contribution < 1.29 is 18.1 Å². The highest BCUT2D eigenvalue weighted by atomic mass is 32.2. The lowest BCUT2D eigenvalue weighted by Crippen LogP contribution is -2.28. The van der Waals surface area contributed by atoms with Gasteiger partial charge in [0.1, 0.15) is 0 Å². The smallest absolute Gasteiger partial charge is 0.273 e. The van der Waals surface area contributed by atoms with E-state index in [1.807, 2.05) is 6.92 Å². The number of amides is 1. The van der Waals surface area contributed by atoms with Gasteiger partial charge in [0.15, 0.2) is 9.84 Å². The van der Waals surface area contributed by atoms with Crippen LogP contribution in [0.4, 0.5) is 5.69 Å². The predicted molar refractivity (Wildman–Crippen MR) is 97.9 cm³/mol. The van der Waals surface area contributed by atoms with E-state index >= 15 is 0 Å². The Morgan fingerprint density at radius 1 is 1.19 bits per heavy atom. The van der Waals surface area contributed by atoms with E-state index in [0.717, 1.165) is 11.8 Å².